The Balaban J connectivity index is 1.71. The minimum absolute atomic E-state index is 0.427. The van der Waals surface area contributed by atoms with Gasteiger partial charge in [-0.1, -0.05) is 12.1 Å². The Labute approximate surface area is 153 Å². The molecule has 0 aliphatic rings. The molecule has 0 saturated carbocycles. The van der Waals surface area contributed by atoms with Crippen LogP contribution in [0.1, 0.15) is 16.8 Å². The van der Waals surface area contributed by atoms with Gasteiger partial charge in [-0.15, -0.1) is 0 Å². The van der Waals surface area contributed by atoms with E-state index in [9.17, 15) is 0 Å². The van der Waals surface area contributed by atoms with Crippen LogP contribution in [0, 0.1) is 11.3 Å². The Hall–Kier alpha value is -2.88. The van der Waals surface area contributed by atoms with E-state index < -0.39 is 0 Å². The van der Waals surface area contributed by atoms with Crippen LogP contribution in [-0.4, -0.2) is 42.3 Å². The van der Waals surface area contributed by atoms with Gasteiger partial charge in [0, 0.05) is 25.0 Å². The van der Waals surface area contributed by atoms with Gasteiger partial charge in [0.15, 0.2) is 0 Å². The van der Waals surface area contributed by atoms with Crippen molar-refractivity contribution in [2.24, 2.45) is 0 Å². The summed E-state index contributed by atoms with van der Waals surface area (Å²) in [5.74, 6) is 0.792. The van der Waals surface area contributed by atoms with E-state index in [0.717, 1.165) is 47.5 Å². The number of benzene rings is 2. The SMILES string of the molecule is CNCCN(C)Cc1[nH]nc2ccc(OCc3cccc(C#N)c3)cc12. The molecule has 3 rings (SSSR count). The van der Waals surface area contributed by atoms with E-state index in [1.807, 2.05) is 43.4 Å². The molecule has 0 radical (unpaired) electrons. The minimum Gasteiger partial charge on any atom is -0.489 e. The molecule has 0 saturated heterocycles. The van der Waals surface area contributed by atoms with Gasteiger partial charge < -0.3 is 10.1 Å². The first-order chi connectivity index (χ1) is 12.7. The van der Waals surface area contributed by atoms with E-state index in [-0.39, 0.29) is 0 Å². The summed E-state index contributed by atoms with van der Waals surface area (Å²) in [6.45, 7) is 3.13. The van der Waals surface area contributed by atoms with Crippen LogP contribution >= 0.6 is 0 Å². The molecule has 0 amide bonds. The Kier molecular flexibility index (Phi) is 5.84. The predicted octanol–water partition coefficient (Wildman–Crippen LogP) is 2.66. The fourth-order valence-electron chi connectivity index (χ4n) is 2.80. The first-order valence-electron chi connectivity index (χ1n) is 8.61. The van der Waals surface area contributed by atoms with Gasteiger partial charge in [-0.25, -0.2) is 0 Å². The van der Waals surface area contributed by atoms with E-state index in [1.165, 1.54) is 0 Å². The summed E-state index contributed by atoms with van der Waals surface area (Å²) in [5.41, 5.74) is 3.63. The lowest BCUT2D eigenvalue weighted by atomic mass is 10.1. The molecule has 0 spiro atoms. The number of ether oxygens (including phenoxy) is 1. The second-order valence-corrected chi connectivity index (χ2v) is 6.32. The number of hydrogen-bond donors (Lipinski definition) is 2. The highest BCUT2D eigenvalue weighted by molar-refractivity contribution is 5.82. The van der Waals surface area contributed by atoms with Gasteiger partial charge in [0.05, 0.1) is 22.8 Å². The summed E-state index contributed by atoms with van der Waals surface area (Å²) in [4.78, 5) is 2.24. The molecule has 2 aromatic carbocycles. The van der Waals surface area contributed by atoms with Gasteiger partial charge in [0.25, 0.3) is 0 Å². The van der Waals surface area contributed by atoms with Crippen molar-refractivity contribution in [3.63, 3.8) is 0 Å². The molecule has 2 N–H and O–H groups in total. The molecule has 0 unspecified atom stereocenters. The van der Waals surface area contributed by atoms with Crippen molar-refractivity contribution in [2.45, 2.75) is 13.2 Å². The van der Waals surface area contributed by atoms with Gasteiger partial charge in [-0.05, 0) is 50.0 Å². The topological polar surface area (TPSA) is 77.0 Å². The van der Waals surface area contributed by atoms with Crippen LogP contribution < -0.4 is 10.1 Å². The Morgan fingerprint density at radius 1 is 1.27 bits per heavy atom. The summed E-state index contributed by atoms with van der Waals surface area (Å²) < 4.78 is 5.92. The third-order valence-corrected chi connectivity index (χ3v) is 4.24. The highest BCUT2D eigenvalue weighted by Gasteiger charge is 2.09. The molecule has 6 heteroatoms. The average molecular weight is 349 g/mol. The smallest absolute Gasteiger partial charge is 0.120 e. The number of hydrogen-bond acceptors (Lipinski definition) is 5. The quantitative estimate of drug-likeness (QED) is 0.654. The van der Waals surface area contributed by atoms with Crippen molar-refractivity contribution < 1.29 is 4.74 Å². The van der Waals surface area contributed by atoms with Crippen molar-refractivity contribution in [1.29, 1.82) is 5.26 Å². The van der Waals surface area contributed by atoms with Crippen molar-refractivity contribution >= 4 is 10.9 Å². The molecular weight excluding hydrogens is 326 g/mol. The summed E-state index contributed by atoms with van der Waals surface area (Å²) in [6.07, 6.45) is 0. The fraction of sp³-hybridized carbons (Fsp3) is 0.300. The van der Waals surface area contributed by atoms with Gasteiger partial charge >= 0.3 is 0 Å². The summed E-state index contributed by atoms with van der Waals surface area (Å²) in [7, 11) is 4.04. The number of rotatable bonds is 8. The number of nitrogens with one attached hydrogen (secondary N) is 2. The maximum atomic E-state index is 8.99. The zero-order chi connectivity index (χ0) is 18.4. The van der Waals surface area contributed by atoms with E-state index in [1.54, 1.807) is 6.07 Å². The van der Waals surface area contributed by atoms with Gasteiger partial charge in [-0.3, -0.25) is 10.00 Å². The summed E-state index contributed by atoms with van der Waals surface area (Å²) >= 11 is 0. The van der Waals surface area contributed by atoms with Crippen LogP contribution in [-0.2, 0) is 13.2 Å². The van der Waals surface area contributed by atoms with E-state index >= 15 is 0 Å². The molecule has 0 aliphatic heterocycles. The Bertz CT molecular complexity index is 912. The molecule has 134 valence electrons. The average Bonchev–Trinajstić information content (AvgIpc) is 3.07. The van der Waals surface area contributed by atoms with Crippen LogP contribution in [0.2, 0.25) is 0 Å². The second kappa shape index (κ2) is 8.48. The minimum atomic E-state index is 0.427. The largest absolute Gasteiger partial charge is 0.489 e. The van der Waals surface area contributed by atoms with Crippen LogP contribution in [0.25, 0.3) is 10.9 Å². The van der Waals surface area contributed by atoms with Crippen molar-refractivity contribution in [3.8, 4) is 11.8 Å². The molecule has 0 bridgehead atoms. The van der Waals surface area contributed by atoms with Crippen LogP contribution in [0.4, 0.5) is 0 Å². The third-order valence-electron chi connectivity index (χ3n) is 4.24. The van der Waals surface area contributed by atoms with Crippen molar-refractivity contribution in [2.75, 3.05) is 27.2 Å². The van der Waals surface area contributed by atoms with Crippen LogP contribution in [0.15, 0.2) is 42.5 Å². The predicted molar refractivity (Wildman–Crippen MR) is 102 cm³/mol. The van der Waals surface area contributed by atoms with Crippen molar-refractivity contribution in [1.82, 2.24) is 20.4 Å². The van der Waals surface area contributed by atoms with E-state index in [0.29, 0.717) is 12.2 Å². The Morgan fingerprint density at radius 3 is 2.96 bits per heavy atom. The molecule has 3 aromatic rings. The fourth-order valence-corrected chi connectivity index (χ4v) is 2.80. The van der Waals surface area contributed by atoms with Gasteiger partial charge in [0.2, 0.25) is 0 Å². The highest BCUT2D eigenvalue weighted by atomic mass is 16.5. The molecule has 0 atom stereocenters. The molecule has 0 fully saturated rings. The molecule has 1 heterocycles. The molecular formula is C20H23N5O. The first-order valence-corrected chi connectivity index (χ1v) is 8.61. The zero-order valence-corrected chi connectivity index (χ0v) is 15.1. The summed E-state index contributed by atoms with van der Waals surface area (Å²) in [6, 6.07) is 15.5. The first kappa shape index (κ1) is 17.9. The maximum absolute atomic E-state index is 8.99. The summed E-state index contributed by atoms with van der Waals surface area (Å²) in [5, 5.41) is 20.7. The number of fused-ring (bicyclic) bond motifs is 1. The Morgan fingerprint density at radius 2 is 2.15 bits per heavy atom. The lowest BCUT2D eigenvalue weighted by molar-refractivity contribution is 0.306. The maximum Gasteiger partial charge on any atom is 0.120 e. The standard InChI is InChI=1S/C20H23N5O/c1-22-8-9-25(2)13-20-18-11-17(6-7-19(18)23-24-20)26-14-16-5-3-4-15(10-16)12-21/h3-7,10-11,22H,8-9,13-14H2,1-2H3,(H,23,24). The van der Waals surface area contributed by atoms with E-state index in [2.05, 4.69) is 33.5 Å². The van der Waals surface area contributed by atoms with Gasteiger partial charge in [-0.2, -0.15) is 10.4 Å². The molecule has 6 nitrogen and oxygen atoms in total. The number of aromatic amines is 1. The van der Waals surface area contributed by atoms with Crippen LogP contribution in [0.3, 0.4) is 0 Å². The lowest BCUT2D eigenvalue weighted by Gasteiger charge is -2.15. The second-order valence-electron chi connectivity index (χ2n) is 6.32. The van der Waals surface area contributed by atoms with Crippen LogP contribution in [0.5, 0.6) is 5.75 Å². The van der Waals surface area contributed by atoms with E-state index in [4.69, 9.17) is 10.00 Å². The number of nitriles is 1. The van der Waals surface area contributed by atoms with Crippen molar-refractivity contribution in [3.05, 3.63) is 59.3 Å². The lowest BCUT2D eigenvalue weighted by Crippen LogP contribution is -2.27. The number of nitrogens with zero attached hydrogens (tertiary/aromatic N) is 3. The molecule has 26 heavy (non-hydrogen) atoms. The molecule has 1 aromatic heterocycles. The number of aromatic nitrogens is 2. The van der Waals surface area contributed by atoms with Gasteiger partial charge in [0.1, 0.15) is 12.4 Å². The number of H-pyrrole nitrogens is 1. The third kappa shape index (κ3) is 4.39. The monoisotopic (exact) mass is 349 g/mol. The molecule has 0 aliphatic carbocycles. The normalized spacial score (nSPS) is 11.0. The zero-order valence-electron chi connectivity index (χ0n) is 15.1. The highest BCUT2D eigenvalue weighted by Crippen LogP contribution is 2.23. The number of likely N-dealkylation sites (N-methyl/N-ethyl adjacent to an activating group) is 2.